The molecule has 27 heavy (non-hydrogen) atoms. The summed E-state index contributed by atoms with van der Waals surface area (Å²) in [6, 6.07) is 29.2. The molecule has 0 saturated heterocycles. The zero-order chi connectivity index (χ0) is 18.6. The van der Waals surface area contributed by atoms with Crippen molar-refractivity contribution in [1.29, 1.82) is 0 Å². The summed E-state index contributed by atoms with van der Waals surface area (Å²) in [7, 11) is 0. The third kappa shape index (κ3) is 4.09. The van der Waals surface area contributed by atoms with Crippen LogP contribution in [0.4, 0.5) is 11.4 Å². The fourth-order valence-electron chi connectivity index (χ4n) is 3.01. The smallest absolute Gasteiger partial charge is 0.0722 e. The van der Waals surface area contributed by atoms with Crippen molar-refractivity contribution in [2.45, 2.75) is 6.92 Å². The average Bonchev–Trinajstić information content (AvgIpc) is 2.70. The predicted octanol–water partition coefficient (Wildman–Crippen LogP) is 7.23. The van der Waals surface area contributed by atoms with Gasteiger partial charge in [-0.2, -0.15) is 0 Å². The standard InChI is InChI=1S/C24H19BrN2/c1-17-9-11-20(12-10-17)27-21-13-14-26-24(16-21)19-6-4-5-18(15-19)22-7-2-3-8-23(22)25/h2-16H,1H3,(H,26,27). The molecule has 0 aliphatic carbocycles. The van der Waals surface area contributed by atoms with Gasteiger partial charge in [0.05, 0.1) is 5.69 Å². The Morgan fingerprint density at radius 2 is 1.52 bits per heavy atom. The molecule has 0 amide bonds. The molecule has 1 N–H and O–H groups in total. The van der Waals surface area contributed by atoms with Crippen LogP contribution in [-0.4, -0.2) is 4.98 Å². The lowest BCUT2D eigenvalue weighted by molar-refractivity contribution is 1.32. The molecule has 0 aliphatic rings. The topological polar surface area (TPSA) is 24.9 Å². The summed E-state index contributed by atoms with van der Waals surface area (Å²) in [5.74, 6) is 0. The van der Waals surface area contributed by atoms with Gasteiger partial charge in [0.15, 0.2) is 0 Å². The first-order valence-electron chi connectivity index (χ1n) is 8.84. The lowest BCUT2D eigenvalue weighted by Crippen LogP contribution is -1.92. The maximum absolute atomic E-state index is 4.57. The summed E-state index contributed by atoms with van der Waals surface area (Å²) in [5, 5.41) is 3.45. The number of hydrogen-bond donors (Lipinski definition) is 1. The lowest BCUT2D eigenvalue weighted by atomic mass is 10.0. The summed E-state index contributed by atoms with van der Waals surface area (Å²) in [6.45, 7) is 2.09. The number of benzene rings is 3. The molecule has 4 rings (SSSR count). The van der Waals surface area contributed by atoms with Gasteiger partial charge in [0.1, 0.15) is 0 Å². The molecule has 0 spiro atoms. The number of hydrogen-bond acceptors (Lipinski definition) is 2. The van der Waals surface area contributed by atoms with Gasteiger partial charge in [0.2, 0.25) is 0 Å². The Balaban J connectivity index is 1.65. The number of aromatic nitrogens is 1. The molecule has 0 atom stereocenters. The Morgan fingerprint density at radius 1 is 0.741 bits per heavy atom. The number of anilines is 2. The van der Waals surface area contributed by atoms with Crippen molar-refractivity contribution < 1.29 is 0 Å². The van der Waals surface area contributed by atoms with E-state index in [1.807, 2.05) is 18.3 Å². The number of nitrogens with zero attached hydrogens (tertiary/aromatic N) is 1. The molecule has 0 unspecified atom stereocenters. The van der Waals surface area contributed by atoms with Crippen molar-refractivity contribution >= 4 is 27.3 Å². The Morgan fingerprint density at radius 3 is 2.33 bits per heavy atom. The lowest BCUT2D eigenvalue weighted by Gasteiger charge is -2.10. The molecule has 0 fully saturated rings. The highest BCUT2D eigenvalue weighted by atomic mass is 79.9. The van der Waals surface area contributed by atoms with Crippen molar-refractivity contribution in [3.8, 4) is 22.4 Å². The van der Waals surface area contributed by atoms with E-state index in [2.05, 4.69) is 106 Å². The molecule has 2 nitrogen and oxygen atoms in total. The third-order valence-corrected chi connectivity index (χ3v) is 5.13. The largest absolute Gasteiger partial charge is 0.355 e. The normalized spacial score (nSPS) is 10.6. The number of nitrogens with one attached hydrogen (secondary N) is 1. The highest BCUT2D eigenvalue weighted by Gasteiger charge is 2.06. The third-order valence-electron chi connectivity index (χ3n) is 4.44. The zero-order valence-electron chi connectivity index (χ0n) is 15.0. The van der Waals surface area contributed by atoms with Crippen LogP contribution in [0.5, 0.6) is 0 Å². The van der Waals surface area contributed by atoms with Crippen LogP contribution in [0.2, 0.25) is 0 Å². The van der Waals surface area contributed by atoms with Gasteiger partial charge in [-0.15, -0.1) is 0 Å². The first kappa shape index (κ1) is 17.5. The molecule has 1 heterocycles. The van der Waals surface area contributed by atoms with Gasteiger partial charge in [0, 0.05) is 27.6 Å². The first-order chi connectivity index (χ1) is 13.2. The van der Waals surface area contributed by atoms with Crippen LogP contribution in [0.1, 0.15) is 5.56 Å². The van der Waals surface area contributed by atoms with Crippen molar-refractivity contribution in [3.05, 3.63) is 101 Å². The molecule has 4 aromatic rings. The van der Waals surface area contributed by atoms with Crippen LogP contribution in [0.25, 0.3) is 22.4 Å². The van der Waals surface area contributed by atoms with E-state index in [1.165, 1.54) is 16.7 Å². The molecule has 3 aromatic carbocycles. The van der Waals surface area contributed by atoms with Crippen LogP contribution in [0.15, 0.2) is 95.6 Å². The Kier molecular flexibility index (Phi) is 5.03. The Hall–Kier alpha value is -2.91. The van der Waals surface area contributed by atoms with Crippen LogP contribution in [-0.2, 0) is 0 Å². The molecule has 132 valence electrons. The maximum atomic E-state index is 4.57. The van der Waals surface area contributed by atoms with Crippen molar-refractivity contribution in [2.24, 2.45) is 0 Å². The van der Waals surface area contributed by atoms with E-state index in [1.54, 1.807) is 0 Å². The maximum Gasteiger partial charge on any atom is 0.0722 e. The van der Waals surface area contributed by atoms with E-state index in [9.17, 15) is 0 Å². The number of aryl methyl sites for hydroxylation is 1. The van der Waals surface area contributed by atoms with Crippen LogP contribution in [0, 0.1) is 6.92 Å². The van der Waals surface area contributed by atoms with Crippen molar-refractivity contribution in [1.82, 2.24) is 4.98 Å². The van der Waals surface area contributed by atoms with Crippen LogP contribution < -0.4 is 5.32 Å². The monoisotopic (exact) mass is 414 g/mol. The van der Waals surface area contributed by atoms with E-state index in [0.29, 0.717) is 0 Å². The van der Waals surface area contributed by atoms with Gasteiger partial charge in [-0.25, -0.2) is 0 Å². The quantitative estimate of drug-likeness (QED) is 0.380. The first-order valence-corrected chi connectivity index (χ1v) is 9.63. The predicted molar refractivity (Wildman–Crippen MR) is 117 cm³/mol. The minimum absolute atomic E-state index is 0.945. The fourth-order valence-corrected chi connectivity index (χ4v) is 3.52. The summed E-state index contributed by atoms with van der Waals surface area (Å²) >= 11 is 3.64. The minimum Gasteiger partial charge on any atom is -0.355 e. The highest BCUT2D eigenvalue weighted by Crippen LogP contribution is 2.31. The second-order valence-electron chi connectivity index (χ2n) is 6.48. The van der Waals surface area contributed by atoms with Gasteiger partial charge in [-0.3, -0.25) is 4.98 Å². The molecule has 0 saturated carbocycles. The summed E-state index contributed by atoms with van der Waals surface area (Å²) < 4.78 is 1.09. The molecule has 0 radical (unpaired) electrons. The molecule has 0 bridgehead atoms. The van der Waals surface area contributed by atoms with Crippen LogP contribution in [0.3, 0.4) is 0 Å². The van der Waals surface area contributed by atoms with Crippen LogP contribution >= 0.6 is 15.9 Å². The van der Waals surface area contributed by atoms with Gasteiger partial charge in [-0.05, 0) is 54.4 Å². The summed E-state index contributed by atoms with van der Waals surface area (Å²) in [6.07, 6.45) is 1.84. The molecule has 3 heteroatoms. The summed E-state index contributed by atoms with van der Waals surface area (Å²) in [4.78, 5) is 4.57. The van der Waals surface area contributed by atoms with E-state index in [0.717, 1.165) is 27.1 Å². The molecule has 1 aromatic heterocycles. The van der Waals surface area contributed by atoms with Crippen molar-refractivity contribution in [3.63, 3.8) is 0 Å². The minimum atomic E-state index is 0.945. The second-order valence-corrected chi connectivity index (χ2v) is 7.34. The fraction of sp³-hybridized carbons (Fsp3) is 0.0417. The van der Waals surface area contributed by atoms with E-state index >= 15 is 0 Å². The molecular weight excluding hydrogens is 396 g/mol. The SMILES string of the molecule is Cc1ccc(Nc2ccnc(-c3cccc(-c4ccccc4Br)c3)c2)cc1. The van der Waals surface area contributed by atoms with Gasteiger partial charge < -0.3 is 5.32 Å². The second kappa shape index (κ2) is 7.77. The van der Waals surface area contributed by atoms with Gasteiger partial charge >= 0.3 is 0 Å². The average molecular weight is 415 g/mol. The Labute approximate surface area is 168 Å². The summed E-state index contributed by atoms with van der Waals surface area (Å²) in [5.41, 5.74) is 7.72. The highest BCUT2D eigenvalue weighted by molar-refractivity contribution is 9.10. The number of rotatable bonds is 4. The molecular formula is C24H19BrN2. The van der Waals surface area contributed by atoms with E-state index in [-0.39, 0.29) is 0 Å². The van der Waals surface area contributed by atoms with Gasteiger partial charge in [-0.1, -0.05) is 70.0 Å². The number of pyridine rings is 1. The molecule has 0 aliphatic heterocycles. The van der Waals surface area contributed by atoms with Crippen molar-refractivity contribution in [2.75, 3.05) is 5.32 Å². The zero-order valence-corrected chi connectivity index (χ0v) is 16.6. The Bertz CT molecular complexity index is 1070. The van der Waals surface area contributed by atoms with E-state index < -0.39 is 0 Å². The van der Waals surface area contributed by atoms with Gasteiger partial charge in [0.25, 0.3) is 0 Å². The van der Waals surface area contributed by atoms with E-state index in [4.69, 9.17) is 0 Å². The number of halogens is 1.